The molecular formula is C22H20O5. The maximum atomic E-state index is 12.9. The second-order valence-corrected chi connectivity index (χ2v) is 6.92. The molecule has 0 N–H and O–H groups in total. The molecule has 4 rings (SSSR count). The van der Waals surface area contributed by atoms with Crippen LogP contribution in [0.25, 0.3) is 11.0 Å². The number of hydrogen-bond donors (Lipinski definition) is 0. The third-order valence-electron chi connectivity index (χ3n) is 5.29. The van der Waals surface area contributed by atoms with Gasteiger partial charge in [0.05, 0.1) is 24.5 Å². The van der Waals surface area contributed by atoms with Gasteiger partial charge in [0, 0.05) is 5.56 Å². The number of fused-ring (bicyclic) bond motifs is 3. The van der Waals surface area contributed by atoms with Crippen LogP contribution in [0.3, 0.4) is 0 Å². The molecule has 1 aliphatic rings. The van der Waals surface area contributed by atoms with Gasteiger partial charge in [-0.15, -0.1) is 0 Å². The Kier molecular flexibility index (Phi) is 4.02. The van der Waals surface area contributed by atoms with Crippen LogP contribution in [0.2, 0.25) is 0 Å². The van der Waals surface area contributed by atoms with E-state index in [1.54, 1.807) is 20.1 Å². The van der Waals surface area contributed by atoms with Crippen molar-refractivity contribution in [1.82, 2.24) is 0 Å². The topological polar surface area (TPSA) is 65.7 Å². The van der Waals surface area contributed by atoms with Gasteiger partial charge in [0.1, 0.15) is 23.2 Å². The fourth-order valence-corrected chi connectivity index (χ4v) is 3.63. The lowest BCUT2D eigenvalue weighted by Gasteiger charge is -2.28. The Labute approximate surface area is 156 Å². The fraction of sp³-hybridized carbons (Fsp3) is 0.273. The van der Waals surface area contributed by atoms with Gasteiger partial charge in [-0.1, -0.05) is 12.1 Å². The van der Waals surface area contributed by atoms with Crippen molar-refractivity contribution in [2.45, 2.75) is 33.3 Å². The molecular weight excluding hydrogens is 344 g/mol. The maximum Gasteiger partial charge on any atom is 0.339 e. The molecule has 0 aliphatic carbocycles. The molecule has 0 unspecified atom stereocenters. The van der Waals surface area contributed by atoms with Gasteiger partial charge in [0.25, 0.3) is 0 Å². The van der Waals surface area contributed by atoms with E-state index in [-0.39, 0.29) is 17.8 Å². The highest BCUT2D eigenvalue weighted by Gasteiger charge is 2.32. The standard InChI is InChI=1S/C22H20O5/c1-11-9-18-20(12(2)13(3)22(24)27-18)21-19(11)16(23)10-17(26-21)14-5-7-15(25-4)8-6-14/h5-9,17H,10H2,1-4H3/t17-/m0/s1. The molecule has 5 nitrogen and oxygen atoms in total. The minimum Gasteiger partial charge on any atom is -0.497 e. The number of rotatable bonds is 2. The van der Waals surface area contributed by atoms with Gasteiger partial charge in [-0.25, -0.2) is 4.79 Å². The molecule has 5 heteroatoms. The summed E-state index contributed by atoms with van der Waals surface area (Å²) < 4.78 is 17.0. The average Bonchev–Trinajstić information content (AvgIpc) is 2.65. The van der Waals surface area contributed by atoms with Gasteiger partial charge in [-0.3, -0.25) is 4.79 Å². The summed E-state index contributed by atoms with van der Waals surface area (Å²) in [6.07, 6.45) is -0.131. The number of carbonyl (C=O) groups excluding carboxylic acids is 1. The summed E-state index contributed by atoms with van der Waals surface area (Å²) >= 11 is 0. The lowest BCUT2D eigenvalue weighted by molar-refractivity contribution is 0.0852. The molecule has 0 spiro atoms. The second-order valence-electron chi connectivity index (χ2n) is 6.92. The molecule has 0 fully saturated rings. The van der Waals surface area contributed by atoms with Crippen LogP contribution in [0.4, 0.5) is 0 Å². The van der Waals surface area contributed by atoms with Gasteiger partial charge < -0.3 is 13.9 Å². The number of Topliss-reactive ketones (excluding diaryl/α,β-unsaturated/α-hetero) is 1. The van der Waals surface area contributed by atoms with Gasteiger partial charge in [-0.2, -0.15) is 0 Å². The lowest BCUT2D eigenvalue weighted by atomic mass is 9.90. The third kappa shape index (κ3) is 2.70. The van der Waals surface area contributed by atoms with E-state index in [4.69, 9.17) is 13.9 Å². The highest BCUT2D eigenvalue weighted by atomic mass is 16.5. The Morgan fingerprint density at radius 3 is 2.41 bits per heavy atom. The number of hydrogen-bond acceptors (Lipinski definition) is 5. The van der Waals surface area contributed by atoms with E-state index in [1.807, 2.05) is 38.1 Å². The highest BCUT2D eigenvalue weighted by molar-refractivity contribution is 6.07. The van der Waals surface area contributed by atoms with E-state index in [0.717, 1.165) is 22.4 Å². The molecule has 2 heterocycles. The van der Waals surface area contributed by atoms with Gasteiger partial charge in [-0.05, 0) is 55.7 Å². The normalized spacial score (nSPS) is 16.1. The molecule has 0 saturated heterocycles. The number of methoxy groups -OCH3 is 1. The minimum absolute atomic E-state index is 0.0275. The Morgan fingerprint density at radius 2 is 1.74 bits per heavy atom. The van der Waals surface area contributed by atoms with Gasteiger partial charge in [0.2, 0.25) is 0 Å². The van der Waals surface area contributed by atoms with Gasteiger partial charge in [0.15, 0.2) is 5.78 Å². The lowest BCUT2D eigenvalue weighted by Crippen LogP contribution is -2.22. The van der Waals surface area contributed by atoms with E-state index < -0.39 is 6.10 Å². The van der Waals surface area contributed by atoms with E-state index in [2.05, 4.69) is 0 Å². The Hall–Kier alpha value is -3.08. The van der Waals surface area contributed by atoms with Crippen molar-refractivity contribution in [3.63, 3.8) is 0 Å². The number of ether oxygens (including phenoxy) is 2. The summed E-state index contributed by atoms with van der Waals surface area (Å²) in [6, 6.07) is 9.25. The summed E-state index contributed by atoms with van der Waals surface area (Å²) in [4.78, 5) is 25.0. The number of carbonyl (C=O) groups is 1. The summed E-state index contributed by atoms with van der Waals surface area (Å²) in [5.74, 6) is 1.28. The first kappa shape index (κ1) is 17.3. The molecule has 1 aliphatic heterocycles. The van der Waals surface area contributed by atoms with Crippen LogP contribution in [0.15, 0.2) is 39.5 Å². The second kappa shape index (κ2) is 6.27. The predicted molar refractivity (Wildman–Crippen MR) is 102 cm³/mol. The molecule has 3 aromatic rings. The van der Waals surface area contributed by atoms with Crippen LogP contribution in [0, 0.1) is 20.8 Å². The van der Waals surface area contributed by atoms with Crippen molar-refractivity contribution in [2.24, 2.45) is 0 Å². The van der Waals surface area contributed by atoms with Crippen molar-refractivity contribution < 1.29 is 18.7 Å². The molecule has 0 amide bonds. The van der Waals surface area contributed by atoms with Crippen LogP contribution in [-0.4, -0.2) is 12.9 Å². The summed E-state index contributed by atoms with van der Waals surface area (Å²) in [6.45, 7) is 5.41. The molecule has 1 atom stereocenters. The van der Waals surface area contributed by atoms with E-state index >= 15 is 0 Å². The van der Waals surface area contributed by atoms with Crippen LogP contribution in [0.1, 0.15) is 45.1 Å². The Morgan fingerprint density at radius 1 is 1.04 bits per heavy atom. The average molecular weight is 364 g/mol. The molecule has 0 saturated carbocycles. The Bertz CT molecular complexity index is 1120. The maximum absolute atomic E-state index is 12.9. The first-order valence-corrected chi connectivity index (χ1v) is 8.82. The van der Waals surface area contributed by atoms with Crippen molar-refractivity contribution in [1.29, 1.82) is 0 Å². The van der Waals surface area contributed by atoms with Crippen LogP contribution >= 0.6 is 0 Å². The zero-order valence-electron chi connectivity index (χ0n) is 15.7. The molecule has 27 heavy (non-hydrogen) atoms. The van der Waals surface area contributed by atoms with Gasteiger partial charge >= 0.3 is 5.63 Å². The van der Waals surface area contributed by atoms with E-state index in [0.29, 0.717) is 27.8 Å². The number of ketones is 1. The van der Waals surface area contributed by atoms with Crippen molar-refractivity contribution in [3.8, 4) is 11.5 Å². The predicted octanol–water partition coefficient (Wildman–Crippen LogP) is 4.43. The molecule has 138 valence electrons. The van der Waals surface area contributed by atoms with Crippen LogP contribution in [-0.2, 0) is 0 Å². The fourth-order valence-electron chi connectivity index (χ4n) is 3.63. The van der Waals surface area contributed by atoms with Crippen molar-refractivity contribution in [3.05, 3.63) is 68.6 Å². The number of benzene rings is 2. The van der Waals surface area contributed by atoms with Crippen molar-refractivity contribution >= 4 is 16.8 Å². The van der Waals surface area contributed by atoms with Crippen molar-refractivity contribution in [2.75, 3.05) is 7.11 Å². The van der Waals surface area contributed by atoms with E-state index in [1.165, 1.54) is 0 Å². The summed E-state index contributed by atoms with van der Waals surface area (Å²) in [7, 11) is 1.61. The van der Waals surface area contributed by atoms with Crippen LogP contribution in [0.5, 0.6) is 11.5 Å². The number of aryl methyl sites for hydroxylation is 2. The zero-order chi connectivity index (χ0) is 19.3. The SMILES string of the molecule is COc1ccc([C@@H]2CC(=O)c3c(C)cc4oc(=O)c(C)c(C)c4c3O2)cc1. The first-order chi connectivity index (χ1) is 12.9. The molecule has 0 bridgehead atoms. The molecule has 0 radical (unpaired) electrons. The van der Waals surface area contributed by atoms with E-state index in [9.17, 15) is 9.59 Å². The monoisotopic (exact) mass is 364 g/mol. The quantitative estimate of drug-likeness (QED) is 0.629. The summed E-state index contributed by atoms with van der Waals surface area (Å²) in [5.41, 5.74) is 3.61. The third-order valence-corrected chi connectivity index (χ3v) is 5.29. The molecule has 2 aromatic carbocycles. The largest absolute Gasteiger partial charge is 0.497 e. The minimum atomic E-state index is -0.396. The molecule has 1 aromatic heterocycles. The smallest absolute Gasteiger partial charge is 0.339 e. The highest BCUT2D eigenvalue weighted by Crippen LogP contribution is 2.43. The van der Waals surface area contributed by atoms with Crippen LogP contribution < -0.4 is 15.1 Å². The first-order valence-electron chi connectivity index (χ1n) is 8.82. The Balaban J connectivity index is 1.91. The zero-order valence-corrected chi connectivity index (χ0v) is 15.7. The summed E-state index contributed by atoms with van der Waals surface area (Å²) in [5, 5.41) is 0.694.